The van der Waals surface area contributed by atoms with Gasteiger partial charge in [0, 0.05) is 11.5 Å². The number of fused-ring (bicyclic) bond motifs is 6. The van der Waals surface area contributed by atoms with Gasteiger partial charge in [0.05, 0.1) is 5.56 Å². The second kappa shape index (κ2) is 8.20. The maximum Gasteiger partial charge on any atom is 0.228 e. The Bertz CT molecular complexity index is 1730. The van der Waals surface area contributed by atoms with E-state index in [0.29, 0.717) is 11.7 Å². The molecule has 6 heteroatoms. The Kier molecular flexibility index (Phi) is 4.70. The molecule has 6 aromatic rings. The first kappa shape index (κ1) is 20.6. The maximum absolute atomic E-state index is 6.37. The van der Waals surface area contributed by atoms with Gasteiger partial charge in [0.25, 0.3) is 0 Å². The Labute approximate surface area is 207 Å². The third kappa shape index (κ3) is 3.38. The zero-order valence-corrected chi connectivity index (χ0v) is 19.6. The molecule has 0 N–H and O–H groups in total. The normalized spacial score (nSPS) is 14.3. The zero-order valence-electron chi connectivity index (χ0n) is 19.6. The summed E-state index contributed by atoms with van der Waals surface area (Å²) in [6.45, 7) is 2.31. The Balaban J connectivity index is 1.39. The lowest BCUT2D eigenvalue weighted by atomic mass is 9.81. The minimum Gasteiger partial charge on any atom is -0.486 e. The van der Waals surface area contributed by atoms with Crippen molar-refractivity contribution < 1.29 is 9.47 Å². The molecule has 0 bridgehead atoms. The van der Waals surface area contributed by atoms with Crippen LogP contribution >= 0.6 is 0 Å². The SMILES string of the molecule is Cc1ccc(OCc2nc3c4c(ncn3n2)Oc2ccc3ccccc3c2C4c2ccccc2)cc1. The molecule has 6 nitrogen and oxygen atoms in total. The Morgan fingerprint density at radius 1 is 0.861 bits per heavy atom. The fraction of sp³-hybridized carbons (Fsp3) is 0.100. The van der Waals surface area contributed by atoms with Gasteiger partial charge in [-0.1, -0.05) is 78.4 Å². The molecule has 0 saturated heterocycles. The van der Waals surface area contributed by atoms with Crippen LogP contribution in [-0.4, -0.2) is 19.6 Å². The molecule has 1 unspecified atom stereocenters. The Hall–Kier alpha value is -4.71. The summed E-state index contributed by atoms with van der Waals surface area (Å²) < 4.78 is 14.1. The first-order valence-corrected chi connectivity index (χ1v) is 11.9. The molecule has 36 heavy (non-hydrogen) atoms. The van der Waals surface area contributed by atoms with Crippen molar-refractivity contribution in [2.75, 3.05) is 0 Å². The van der Waals surface area contributed by atoms with E-state index in [9.17, 15) is 0 Å². The summed E-state index contributed by atoms with van der Waals surface area (Å²) in [4.78, 5) is 9.54. The number of hydrogen-bond acceptors (Lipinski definition) is 5. The van der Waals surface area contributed by atoms with E-state index in [0.717, 1.165) is 44.6 Å². The van der Waals surface area contributed by atoms with Crippen molar-refractivity contribution in [2.24, 2.45) is 0 Å². The number of hydrogen-bond donors (Lipinski definition) is 0. The van der Waals surface area contributed by atoms with Gasteiger partial charge >= 0.3 is 0 Å². The lowest BCUT2D eigenvalue weighted by Gasteiger charge is -2.29. The summed E-state index contributed by atoms with van der Waals surface area (Å²) in [6.07, 6.45) is 1.66. The number of rotatable bonds is 4. The summed E-state index contributed by atoms with van der Waals surface area (Å²) in [7, 11) is 0. The maximum atomic E-state index is 6.37. The molecule has 0 radical (unpaired) electrons. The average molecular weight is 471 g/mol. The van der Waals surface area contributed by atoms with Crippen molar-refractivity contribution in [3.8, 4) is 17.4 Å². The lowest BCUT2D eigenvalue weighted by molar-refractivity contribution is 0.296. The van der Waals surface area contributed by atoms with Crippen LogP contribution in [0.15, 0.2) is 97.3 Å². The third-order valence-electron chi connectivity index (χ3n) is 6.67. The molecule has 0 fully saturated rings. The molecule has 1 atom stereocenters. The van der Waals surface area contributed by atoms with E-state index >= 15 is 0 Å². The minimum absolute atomic E-state index is 0.109. The number of ether oxygens (including phenoxy) is 2. The predicted molar refractivity (Wildman–Crippen MR) is 138 cm³/mol. The Morgan fingerprint density at radius 3 is 2.53 bits per heavy atom. The summed E-state index contributed by atoms with van der Waals surface area (Å²) in [5.74, 6) is 2.63. The molecule has 0 spiro atoms. The van der Waals surface area contributed by atoms with Crippen molar-refractivity contribution in [3.63, 3.8) is 0 Å². The van der Waals surface area contributed by atoms with Crippen LogP contribution in [0, 0.1) is 6.92 Å². The van der Waals surface area contributed by atoms with Gasteiger partial charge in [0.2, 0.25) is 5.88 Å². The van der Waals surface area contributed by atoms with Gasteiger partial charge in [0.1, 0.15) is 24.4 Å². The molecule has 3 heterocycles. The van der Waals surface area contributed by atoms with Crippen LogP contribution in [0.3, 0.4) is 0 Å². The van der Waals surface area contributed by atoms with Crippen LogP contribution in [0.5, 0.6) is 17.4 Å². The second-order valence-corrected chi connectivity index (χ2v) is 9.01. The molecule has 0 amide bonds. The molecule has 1 aliphatic heterocycles. The smallest absolute Gasteiger partial charge is 0.228 e. The fourth-order valence-electron chi connectivity index (χ4n) is 4.97. The lowest BCUT2D eigenvalue weighted by Crippen LogP contribution is -2.15. The molecule has 0 saturated carbocycles. The van der Waals surface area contributed by atoms with E-state index < -0.39 is 0 Å². The first-order chi connectivity index (χ1) is 17.7. The number of aryl methyl sites for hydroxylation is 1. The van der Waals surface area contributed by atoms with Crippen LogP contribution in [0.1, 0.15) is 34.0 Å². The van der Waals surface area contributed by atoms with Crippen LogP contribution < -0.4 is 9.47 Å². The van der Waals surface area contributed by atoms with Crippen LogP contribution in [0.2, 0.25) is 0 Å². The third-order valence-corrected chi connectivity index (χ3v) is 6.67. The average Bonchev–Trinajstić information content (AvgIpc) is 3.35. The summed E-state index contributed by atoms with van der Waals surface area (Å²) in [5.41, 5.74) is 5.07. The highest BCUT2D eigenvalue weighted by Crippen LogP contribution is 2.50. The van der Waals surface area contributed by atoms with E-state index in [1.165, 1.54) is 5.56 Å². The monoisotopic (exact) mass is 470 g/mol. The minimum atomic E-state index is -0.109. The second-order valence-electron chi connectivity index (χ2n) is 9.01. The van der Waals surface area contributed by atoms with Gasteiger partial charge in [-0.15, -0.1) is 5.10 Å². The molecule has 2 aromatic heterocycles. The van der Waals surface area contributed by atoms with E-state index in [1.54, 1.807) is 10.8 Å². The summed E-state index contributed by atoms with van der Waals surface area (Å²) in [5, 5.41) is 6.98. The molecular weight excluding hydrogens is 448 g/mol. The quantitative estimate of drug-likeness (QED) is 0.296. The summed E-state index contributed by atoms with van der Waals surface area (Å²) >= 11 is 0. The number of benzene rings is 4. The highest BCUT2D eigenvalue weighted by Gasteiger charge is 2.34. The van der Waals surface area contributed by atoms with Gasteiger partial charge in [-0.25, -0.2) is 14.5 Å². The van der Waals surface area contributed by atoms with Crippen molar-refractivity contribution in [2.45, 2.75) is 19.4 Å². The zero-order chi connectivity index (χ0) is 24.1. The molecule has 1 aliphatic rings. The Morgan fingerprint density at radius 2 is 1.67 bits per heavy atom. The van der Waals surface area contributed by atoms with Crippen LogP contribution in [-0.2, 0) is 6.61 Å². The molecule has 174 valence electrons. The van der Waals surface area contributed by atoms with E-state index in [4.69, 9.17) is 14.5 Å². The molecular formula is C30H22N4O2. The first-order valence-electron chi connectivity index (χ1n) is 11.9. The molecule has 7 rings (SSSR count). The molecule has 4 aromatic carbocycles. The number of nitrogens with zero attached hydrogens (tertiary/aromatic N) is 4. The largest absolute Gasteiger partial charge is 0.486 e. The summed E-state index contributed by atoms with van der Waals surface area (Å²) in [6, 6.07) is 30.9. The van der Waals surface area contributed by atoms with Crippen LogP contribution in [0.4, 0.5) is 0 Å². The van der Waals surface area contributed by atoms with Gasteiger partial charge in [-0.05, 0) is 41.5 Å². The highest BCUT2D eigenvalue weighted by atomic mass is 16.5. The van der Waals surface area contributed by atoms with Gasteiger partial charge in [0.15, 0.2) is 11.5 Å². The van der Waals surface area contributed by atoms with Crippen molar-refractivity contribution in [1.29, 1.82) is 0 Å². The van der Waals surface area contributed by atoms with Gasteiger partial charge in [-0.2, -0.15) is 0 Å². The molecule has 0 aliphatic carbocycles. The van der Waals surface area contributed by atoms with Crippen molar-refractivity contribution >= 4 is 16.4 Å². The predicted octanol–water partition coefficient (Wildman–Crippen LogP) is 6.45. The van der Waals surface area contributed by atoms with Gasteiger partial charge in [-0.3, -0.25) is 0 Å². The van der Waals surface area contributed by atoms with E-state index in [1.807, 2.05) is 36.4 Å². The van der Waals surface area contributed by atoms with Gasteiger partial charge < -0.3 is 9.47 Å². The number of aromatic nitrogens is 4. The van der Waals surface area contributed by atoms with Crippen molar-refractivity contribution in [3.05, 3.63) is 125 Å². The standard InChI is InChI=1S/C30H22N4O2/c1-19-11-14-22(15-12-19)35-17-25-32-29-28-26(21-8-3-2-4-9-21)27-23-10-6-5-7-20(23)13-16-24(27)36-30(28)31-18-34(29)33-25/h2-16,18,26H,17H2,1H3. The van der Waals surface area contributed by atoms with Crippen molar-refractivity contribution in [1.82, 2.24) is 19.6 Å². The van der Waals surface area contributed by atoms with Crippen LogP contribution in [0.25, 0.3) is 16.4 Å². The van der Waals surface area contributed by atoms with E-state index in [-0.39, 0.29) is 12.5 Å². The topological polar surface area (TPSA) is 61.5 Å². The van der Waals surface area contributed by atoms with E-state index in [2.05, 4.69) is 71.6 Å². The fourth-order valence-corrected chi connectivity index (χ4v) is 4.97. The highest BCUT2D eigenvalue weighted by molar-refractivity contribution is 5.90.